The molecule has 0 aliphatic carbocycles. The summed E-state index contributed by atoms with van der Waals surface area (Å²) < 4.78 is 22.3. The van der Waals surface area contributed by atoms with Gasteiger partial charge in [-0.25, -0.2) is 0 Å². The molecule has 1 amide bonds. The fourth-order valence-corrected chi connectivity index (χ4v) is 4.91. The first-order valence-electron chi connectivity index (χ1n) is 10.2. The minimum Gasteiger partial charge on any atom is -0.496 e. The summed E-state index contributed by atoms with van der Waals surface area (Å²) in [6.45, 7) is 0.647. The summed E-state index contributed by atoms with van der Waals surface area (Å²) in [5.41, 5.74) is 1.49. The molecule has 1 aliphatic heterocycles. The zero-order valence-corrected chi connectivity index (χ0v) is 19.1. The summed E-state index contributed by atoms with van der Waals surface area (Å²) >= 11 is 1.70. The zero-order chi connectivity index (χ0) is 22.5. The summed E-state index contributed by atoms with van der Waals surface area (Å²) in [5.74, 6) is 4.08. The lowest BCUT2D eigenvalue weighted by Gasteiger charge is -2.26. The molecule has 0 N–H and O–H groups in total. The molecule has 32 heavy (non-hydrogen) atoms. The molecule has 0 aromatic heterocycles. The summed E-state index contributed by atoms with van der Waals surface area (Å²) in [6, 6.07) is 20.5. The van der Waals surface area contributed by atoms with Crippen molar-refractivity contribution >= 4 is 17.7 Å². The predicted molar refractivity (Wildman–Crippen MR) is 125 cm³/mol. The van der Waals surface area contributed by atoms with Gasteiger partial charge in [-0.15, -0.1) is 11.8 Å². The van der Waals surface area contributed by atoms with Gasteiger partial charge in [-0.1, -0.05) is 18.2 Å². The van der Waals surface area contributed by atoms with Crippen molar-refractivity contribution in [3.63, 3.8) is 0 Å². The van der Waals surface area contributed by atoms with Crippen molar-refractivity contribution in [2.24, 2.45) is 0 Å². The fourth-order valence-electron chi connectivity index (χ4n) is 3.64. The summed E-state index contributed by atoms with van der Waals surface area (Å²) in [5, 5.41) is -0.183. The topological polar surface area (TPSA) is 57.2 Å². The summed E-state index contributed by atoms with van der Waals surface area (Å²) in [4.78, 5) is 15.2. The van der Waals surface area contributed by atoms with Crippen LogP contribution >= 0.6 is 11.8 Å². The number of carbonyl (C=O) groups excluding carboxylic acids is 1. The van der Waals surface area contributed by atoms with E-state index in [9.17, 15) is 4.79 Å². The van der Waals surface area contributed by atoms with E-state index in [-0.39, 0.29) is 11.3 Å². The monoisotopic (exact) mass is 451 g/mol. The number of rotatable bonds is 7. The molecule has 166 valence electrons. The maximum atomic E-state index is 13.4. The summed E-state index contributed by atoms with van der Waals surface area (Å²) in [7, 11) is 4.79. The predicted octanol–water partition coefficient (Wildman–Crippen LogP) is 5.39. The smallest absolute Gasteiger partial charge is 0.255 e. The Balaban J connectivity index is 1.56. The van der Waals surface area contributed by atoms with Gasteiger partial charge in [-0.2, -0.15) is 0 Å². The molecule has 1 aliphatic rings. The molecule has 7 heteroatoms. The Labute approximate surface area is 192 Å². The Morgan fingerprint density at radius 1 is 0.844 bits per heavy atom. The van der Waals surface area contributed by atoms with E-state index in [4.69, 9.17) is 18.9 Å². The van der Waals surface area contributed by atoms with Crippen molar-refractivity contribution in [2.45, 2.75) is 5.37 Å². The third kappa shape index (κ3) is 4.48. The third-order valence-electron chi connectivity index (χ3n) is 5.23. The number of carbonyl (C=O) groups is 1. The molecule has 1 unspecified atom stereocenters. The Kier molecular flexibility index (Phi) is 6.75. The number of methoxy groups -OCH3 is 3. The minimum absolute atomic E-state index is 0.0388. The molecule has 0 radical (unpaired) electrons. The van der Waals surface area contributed by atoms with E-state index >= 15 is 0 Å². The SMILES string of the molecule is COc1cc(OC)c(C2SCCN2C(=O)c2ccc(Oc3ccccc3)cc2)cc1OC. The highest BCUT2D eigenvalue weighted by Crippen LogP contribution is 2.46. The Morgan fingerprint density at radius 3 is 2.12 bits per heavy atom. The van der Waals surface area contributed by atoms with Crippen LogP contribution in [0.25, 0.3) is 0 Å². The van der Waals surface area contributed by atoms with Gasteiger partial charge in [0.2, 0.25) is 0 Å². The number of ether oxygens (including phenoxy) is 4. The van der Waals surface area contributed by atoms with Crippen LogP contribution in [0.2, 0.25) is 0 Å². The van der Waals surface area contributed by atoms with Crippen molar-refractivity contribution in [1.82, 2.24) is 4.90 Å². The van der Waals surface area contributed by atoms with Crippen LogP contribution in [0.5, 0.6) is 28.7 Å². The van der Waals surface area contributed by atoms with Crippen LogP contribution in [-0.2, 0) is 0 Å². The lowest BCUT2D eigenvalue weighted by atomic mass is 10.1. The van der Waals surface area contributed by atoms with Crippen molar-refractivity contribution in [3.05, 3.63) is 77.9 Å². The highest BCUT2D eigenvalue weighted by atomic mass is 32.2. The molecule has 6 nitrogen and oxygen atoms in total. The second-order valence-corrected chi connectivity index (χ2v) is 8.30. The quantitative estimate of drug-likeness (QED) is 0.480. The van der Waals surface area contributed by atoms with Crippen molar-refractivity contribution in [1.29, 1.82) is 0 Å². The maximum absolute atomic E-state index is 13.4. The second-order valence-electron chi connectivity index (χ2n) is 7.11. The standard InChI is InChI=1S/C25H25NO5S/c1-28-21-16-23(30-3)22(29-2)15-20(21)25-26(13-14-32-25)24(27)17-9-11-19(12-10-17)31-18-7-5-4-6-8-18/h4-12,15-16,25H,13-14H2,1-3H3. The molecule has 0 bridgehead atoms. The highest BCUT2D eigenvalue weighted by Gasteiger charge is 2.34. The number of hydrogen-bond acceptors (Lipinski definition) is 6. The number of benzene rings is 3. The Bertz CT molecular complexity index is 1070. The molecule has 1 fully saturated rings. The van der Waals surface area contributed by atoms with E-state index in [2.05, 4.69) is 0 Å². The first-order chi connectivity index (χ1) is 15.6. The van der Waals surface area contributed by atoms with Crippen molar-refractivity contribution < 1.29 is 23.7 Å². The van der Waals surface area contributed by atoms with E-state index in [1.54, 1.807) is 51.3 Å². The Morgan fingerprint density at radius 2 is 1.47 bits per heavy atom. The van der Waals surface area contributed by atoms with Gasteiger partial charge in [0.05, 0.1) is 21.3 Å². The molecule has 3 aromatic rings. The number of hydrogen-bond donors (Lipinski definition) is 0. The molecule has 0 spiro atoms. The normalized spacial score (nSPS) is 15.3. The average molecular weight is 452 g/mol. The lowest BCUT2D eigenvalue weighted by molar-refractivity contribution is 0.0759. The largest absolute Gasteiger partial charge is 0.496 e. The molecule has 1 saturated heterocycles. The van der Waals surface area contributed by atoms with E-state index in [1.807, 2.05) is 53.4 Å². The van der Waals surface area contributed by atoms with Gasteiger partial charge < -0.3 is 23.8 Å². The van der Waals surface area contributed by atoms with Gasteiger partial charge >= 0.3 is 0 Å². The van der Waals surface area contributed by atoms with Gasteiger partial charge in [0.15, 0.2) is 11.5 Å². The number of nitrogens with zero attached hydrogens (tertiary/aromatic N) is 1. The molecule has 4 rings (SSSR count). The first kappa shape index (κ1) is 21.9. The molecular weight excluding hydrogens is 426 g/mol. The van der Waals surface area contributed by atoms with E-state index in [1.165, 1.54) is 0 Å². The Hall–Kier alpha value is -3.32. The molecule has 3 aromatic carbocycles. The van der Waals surface area contributed by atoms with Crippen LogP contribution in [-0.4, -0.2) is 44.4 Å². The van der Waals surface area contributed by atoms with Crippen molar-refractivity contribution in [3.8, 4) is 28.7 Å². The highest BCUT2D eigenvalue weighted by molar-refractivity contribution is 7.99. The lowest BCUT2D eigenvalue weighted by Crippen LogP contribution is -2.30. The third-order valence-corrected chi connectivity index (χ3v) is 6.48. The van der Waals surface area contributed by atoms with Gasteiger partial charge in [0, 0.05) is 29.5 Å². The van der Waals surface area contributed by atoms with Crippen LogP contribution in [0.3, 0.4) is 0 Å². The number of amides is 1. The van der Waals surface area contributed by atoms with Gasteiger partial charge in [0.25, 0.3) is 5.91 Å². The van der Waals surface area contributed by atoms with Gasteiger partial charge in [-0.05, 0) is 42.5 Å². The van der Waals surface area contributed by atoms with E-state index in [0.29, 0.717) is 35.1 Å². The van der Waals surface area contributed by atoms with E-state index in [0.717, 1.165) is 17.1 Å². The van der Waals surface area contributed by atoms with Crippen LogP contribution in [0.4, 0.5) is 0 Å². The number of para-hydroxylation sites is 1. The molecule has 0 saturated carbocycles. The van der Waals surface area contributed by atoms with Gasteiger partial charge in [-0.3, -0.25) is 4.79 Å². The maximum Gasteiger partial charge on any atom is 0.255 e. The zero-order valence-electron chi connectivity index (χ0n) is 18.2. The minimum atomic E-state index is -0.183. The fraction of sp³-hybridized carbons (Fsp3) is 0.240. The summed E-state index contributed by atoms with van der Waals surface area (Å²) in [6.07, 6.45) is 0. The van der Waals surface area contributed by atoms with Crippen LogP contribution in [0.1, 0.15) is 21.3 Å². The van der Waals surface area contributed by atoms with Crippen LogP contribution in [0, 0.1) is 0 Å². The van der Waals surface area contributed by atoms with E-state index < -0.39 is 0 Å². The molecular formula is C25H25NO5S. The average Bonchev–Trinajstić information content (AvgIpc) is 3.33. The first-order valence-corrected chi connectivity index (χ1v) is 11.2. The number of thioether (sulfide) groups is 1. The van der Waals surface area contributed by atoms with Crippen LogP contribution in [0.15, 0.2) is 66.7 Å². The van der Waals surface area contributed by atoms with Crippen LogP contribution < -0.4 is 18.9 Å². The molecule has 1 atom stereocenters. The second kappa shape index (κ2) is 9.87. The van der Waals surface area contributed by atoms with Crippen molar-refractivity contribution in [2.75, 3.05) is 33.6 Å². The molecule has 1 heterocycles. The van der Waals surface area contributed by atoms with Gasteiger partial charge in [0.1, 0.15) is 22.6 Å².